The Hall–Kier alpha value is -2.04. The van der Waals surface area contributed by atoms with E-state index in [-0.39, 0.29) is 12.1 Å². The second kappa shape index (κ2) is 9.06. The van der Waals surface area contributed by atoms with E-state index in [0.717, 1.165) is 43.1 Å². The van der Waals surface area contributed by atoms with E-state index in [1.807, 2.05) is 42.5 Å². The first kappa shape index (κ1) is 18.7. The van der Waals surface area contributed by atoms with E-state index in [2.05, 4.69) is 34.6 Å². The highest BCUT2D eigenvalue weighted by atomic mass is 35.5. The summed E-state index contributed by atoms with van der Waals surface area (Å²) in [6.07, 6.45) is 2.99. The molecule has 1 heterocycles. The van der Waals surface area contributed by atoms with Crippen LogP contribution in [0, 0.1) is 0 Å². The van der Waals surface area contributed by atoms with Gasteiger partial charge in [0.2, 0.25) is 0 Å². The largest absolute Gasteiger partial charge is 0.335 e. The Kier molecular flexibility index (Phi) is 6.53. The zero-order valence-corrected chi connectivity index (χ0v) is 15.9. The van der Waals surface area contributed by atoms with Crippen LogP contribution in [0.15, 0.2) is 54.6 Å². The molecule has 26 heavy (non-hydrogen) atoms. The Balaban J connectivity index is 1.50. The number of halogens is 1. The van der Waals surface area contributed by atoms with Gasteiger partial charge in [0.05, 0.1) is 0 Å². The molecule has 5 heteroatoms. The van der Waals surface area contributed by atoms with Crippen LogP contribution in [0.3, 0.4) is 0 Å². The number of urea groups is 1. The van der Waals surface area contributed by atoms with E-state index in [9.17, 15) is 4.79 Å². The number of carbonyl (C=O) groups is 1. The van der Waals surface area contributed by atoms with Crippen LogP contribution in [0.2, 0.25) is 5.02 Å². The average molecular weight is 372 g/mol. The maximum Gasteiger partial charge on any atom is 0.319 e. The first-order valence-corrected chi connectivity index (χ1v) is 9.65. The summed E-state index contributed by atoms with van der Waals surface area (Å²) in [4.78, 5) is 14.7. The Morgan fingerprint density at radius 1 is 1.12 bits per heavy atom. The van der Waals surface area contributed by atoms with Gasteiger partial charge in [0.15, 0.2) is 0 Å². The first-order valence-electron chi connectivity index (χ1n) is 9.28. The molecule has 1 atom stereocenters. The Labute approximate surface area is 160 Å². The van der Waals surface area contributed by atoms with Crippen LogP contribution < -0.4 is 10.6 Å². The molecule has 1 fully saturated rings. The van der Waals surface area contributed by atoms with Crippen LogP contribution in [0.25, 0.3) is 0 Å². The van der Waals surface area contributed by atoms with Crippen LogP contribution in [-0.4, -0.2) is 30.1 Å². The quantitative estimate of drug-likeness (QED) is 0.769. The number of rotatable bonds is 5. The molecule has 0 bridgehead atoms. The molecule has 138 valence electrons. The molecule has 1 unspecified atom stereocenters. The van der Waals surface area contributed by atoms with E-state index in [1.54, 1.807) is 0 Å². The molecule has 0 aromatic heterocycles. The van der Waals surface area contributed by atoms with Crippen molar-refractivity contribution in [2.75, 3.05) is 18.4 Å². The van der Waals surface area contributed by atoms with E-state index in [4.69, 9.17) is 11.6 Å². The van der Waals surface area contributed by atoms with Gasteiger partial charge in [-0.1, -0.05) is 48.9 Å². The zero-order chi connectivity index (χ0) is 18.4. The number of nitrogens with zero attached hydrogens (tertiary/aromatic N) is 1. The van der Waals surface area contributed by atoms with Gasteiger partial charge in [0.25, 0.3) is 0 Å². The number of hydrogen-bond acceptors (Lipinski definition) is 2. The lowest BCUT2D eigenvalue weighted by Crippen LogP contribution is -2.46. The number of nitrogens with one attached hydrogen (secondary N) is 2. The van der Waals surface area contributed by atoms with Crippen molar-refractivity contribution in [2.24, 2.45) is 0 Å². The highest BCUT2D eigenvalue weighted by Gasteiger charge is 2.26. The minimum atomic E-state index is -0.126. The molecule has 3 rings (SSSR count). The second-order valence-electron chi connectivity index (χ2n) is 6.75. The number of para-hydroxylation sites is 1. The van der Waals surface area contributed by atoms with E-state index in [1.165, 1.54) is 5.56 Å². The Bertz CT molecular complexity index is 697. The highest BCUT2D eigenvalue weighted by Crippen LogP contribution is 2.28. The molecule has 2 N–H and O–H groups in total. The van der Waals surface area contributed by atoms with Crippen molar-refractivity contribution in [3.63, 3.8) is 0 Å². The number of piperidine rings is 1. The molecule has 4 nitrogen and oxygen atoms in total. The van der Waals surface area contributed by atoms with Crippen LogP contribution in [0.1, 0.15) is 37.8 Å². The smallest absolute Gasteiger partial charge is 0.319 e. The van der Waals surface area contributed by atoms with Crippen molar-refractivity contribution >= 4 is 23.3 Å². The van der Waals surface area contributed by atoms with Gasteiger partial charge in [-0.2, -0.15) is 0 Å². The minimum absolute atomic E-state index is 0.126. The number of likely N-dealkylation sites (tertiary alicyclic amines) is 1. The lowest BCUT2D eigenvalue weighted by Gasteiger charge is -2.37. The van der Waals surface area contributed by atoms with Gasteiger partial charge in [-0.15, -0.1) is 0 Å². The molecule has 2 aromatic carbocycles. The van der Waals surface area contributed by atoms with Crippen LogP contribution in [-0.2, 0) is 0 Å². The third-order valence-corrected chi connectivity index (χ3v) is 5.23. The van der Waals surface area contributed by atoms with Crippen molar-refractivity contribution in [1.29, 1.82) is 0 Å². The summed E-state index contributed by atoms with van der Waals surface area (Å²) in [6.45, 7) is 4.19. The van der Waals surface area contributed by atoms with Crippen molar-refractivity contribution in [1.82, 2.24) is 10.2 Å². The average Bonchev–Trinajstić information content (AvgIpc) is 2.66. The predicted molar refractivity (Wildman–Crippen MR) is 108 cm³/mol. The highest BCUT2D eigenvalue weighted by molar-refractivity contribution is 6.30. The number of benzene rings is 2. The van der Waals surface area contributed by atoms with E-state index in [0.29, 0.717) is 6.04 Å². The fourth-order valence-electron chi connectivity index (χ4n) is 3.62. The van der Waals surface area contributed by atoms with Crippen LogP contribution in [0.5, 0.6) is 0 Å². The number of carbonyl (C=O) groups excluding carboxylic acids is 1. The third kappa shape index (κ3) is 4.99. The lowest BCUT2D eigenvalue weighted by atomic mass is 9.98. The van der Waals surface area contributed by atoms with Crippen LogP contribution in [0.4, 0.5) is 10.5 Å². The molecule has 0 saturated carbocycles. The normalized spacial score (nSPS) is 16.8. The summed E-state index contributed by atoms with van der Waals surface area (Å²) in [6, 6.07) is 18.2. The zero-order valence-electron chi connectivity index (χ0n) is 15.1. The van der Waals surface area contributed by atoms with Crippen molar-refractivity contribution in [2.45, 2.75) is 38.3 Å². The maximum absolute atomic E-state index is 12.2. The van der Waals surface area contributed by atoms with Crippen molar-refractivity contribution in [3.8, 4) is 0 Å². The van der Waals surface area contributed by atoms with Gasteiger partial charge in [-0.05, 0) is 49.1 Å². The summed E-state index contributed by atoms with van der Waals surface area (Å²) in [5, 5.41) is 6.76. The Morgan fingerprint density at radius 3 is 2.38 bits per heavy atom. The third-order valence-electron chi connectivity index (χ3n) is 4.98. The standard InChI is InChI=1S/C21H26ClN3O/c1-2-20(16-8-10-17(22)11-9-16)25-14-12-19(13-15-25)24-21(26)23-18-6-4-3-5-7-18/h3-11,19-20H,2,12-15H2,1H3,(H2,23,24,26). The van der Waals surface area contributed by atoms with Gasteiger partial charge in [-0.25, -0.2) is 4.79 Å². The molecule has 0 spiro atoms. The van der Waals surface area contributed by atoms with E-state index < -0.39 is 0 Å². The van der Waals surface area contributed by atoms with Crippen molar-refractivity contribution in [3.05, 3.63) is 65.2 Å². The SMILES string of the molecule is CCC(c1ccc(Cl)cc1)N1CCC(NC(=O)Nc2ccccc2)CC1. The molecule has 1 saturated heterocycles. The first-order chi connectivity index (χ1) is 12.7. The summed E-state index contributed by atoms with van der Waals surface area (Å²) in [5.74, 6) is 0. The monoisotopic (exact) mass is 371 g/mol. The topological polar surface area (TPSA) is 44.4 Å². The molecule has 1 aliphatic heterocycles. The molecule has 1 aliphatic rings. The summed E-state index contributed by atoms with van der Waals surface area (Å²) in [7, 11) is 0. The molecule has 2 amide bonds. The van der Waals surface area contributed by atoms with Crippen molar-refractivity contribution < 1.29 is 4.79 Å². The van der Waals surface area contributed by atoms with Gasteiger partial charge >= 0.3 is 6.03 Å². The summed E-state index contributed by atoms with van der Waals surface area (Å²) in [5.41, 5.74) is 2.13. The number of anilines is 1. The number of amides is 2. The predicted octanol–water partition coefficient (Wildman–Crippen LogP) is 5.08. The van der Waals surface area contributed by atoms with Crippen LogP contribution >= 0.6 is 11.6 Å². The van der Waals surface area contributed by atoms with Gasteiger partial charge in [0.1, 0.15) is 0 Å². The molecular weight excluding hydrogens is 346 g/mol. The van der Waals surface area contributed by atoms with E-state index >= 15 is 0 Å². The van der Waals surface area contributed by atoms with Gasteiger partial charge in [-0.3, -0.25) is 4.90 Å². The fourth-order valence-corrected chi connectivity index (χ4v) is 3.75. The van der Waals surface area contributed by atoms with Gasteiger partial charge in [0, 0.05) is 35.9 Å². The number of hydrogen-bond donors (Lipinski definition) is 2. The lowest BCUT2D eigenvalue weighted by molar-refractivity contribution is 0.141. The molecule has 0 aliphatic carbocycles. The molecular formula is C21H26ClN3O. The Morgan fingerprint density at radius 2 is 1.77 bits per heavy atom. The maximum atomic E-state index is 12.2. The summed E-state index contributed by atoms with van der Waals surface area (Å²) < 4.78 is 0. The molecule has 0 radical (unpaired) electrons. The summed E-state index contributed by atoms with van der Waals surface area (Å²) >= 11 is 6.01. The van der Waals surface area contributed by atoms with Gasteiger partial charge < -0.3 is 10.6 Å². The fraction of sp³-hybridized carbons (Fsp3) is 0.381. The second-order valence-corrected chi connectivity index (χ2v) is 7.19. The molecule has 2 aromatic rings. The minimum Gasteiger partial charge on any atom is -0.335 e.